The average molecular weight is 346 g/mol. The van der Waals surface area contributed by atoms with Crippen molar-refractivity contribution in [3.63, 3.8) is 0 Å². The second-order valence-electron chi connectivity index (χ2n) is 3.47. The Labute approximate surface area is 128 Å². The van der Waals surface area contributed by atoms with Crippen LogP contribution in [0.15, 0.2) is 43.1 Å². The third-order valence-corrected chi connectivity index (χ3v) is 2.02. The van der Waals surface area contributed by atoms with Gasteiger partial charge in [0.2, 0.25) is 0 Å². The molecule has 2 rings (SSSR count). The van der Waals surface area contributed by atoms with E-state index in [1.54, 1.807) is 0 Å². The minimum Gasteiger partial charge on any atom is -0.868 e. The largest absolute Gasteiger partial charge is 2.00 e. The molecule has 0 amide bonds. The summed E-state index contributed by atoms with van der Waals surface area (Å²) < 4.78 is 9.05. The Hall–Kier alpha value is -2.06. The van der Waals surface area contributed by atoms with Crippen LogP contribution in [0.2, 0.25) is 0 Å². The summed E-state index contributed by atoms with van der Waals surface area (Å²) in [6, 6.07) is 1.95. The first-order valence-corrected chi connectivity index (χ1v) is 5.27. The van der Waals surface area contributed by atoms with E-state index in [0.717, 1.165) is 24.7 Å². The molecule has 0 unspecified atom stereocenters. The van der Waals surface area contributed by atoms with Crippen molar-refractivity contribution in [1.29, 1.82) is 0 Å². The Balaban J connectivity index is 0.000000364. The van der Waals surface area contributed by atoms with Gasteiger partial charge in [0.1, 0.15) is 24.7 Å². The van der Waals surface area contributed by atoms with Crippen LogP contribution in [-0.2, 0) is 30.3 Å². The molecule has 0 atom stereocenters. The third-order valence-electron chi connectivity index (χ3n) is 2.02. The molecular weight excluding hydrogens is 336 g/mol. The summed E-state index contributed by atoms with van der Waals surface area (Å²) in [6.07, 6.45) is 1.57. The number of hydrogen-bond donors (Lipinski definition) is 2. The Morgan fingerprint density at radius 3 is 1.43 bits per heavy atom. The van der Waals surface area contributed by atoms with Gasteiger partial charge in [-0.25, -0.2) is 0 Å². The van der Waals surface area contributed by atoms with Crippen molar-refractivity contribution in [3.05, 3.63) is 56.6 Å². The van der Waals surface area contributed by atoms with Gasteiger partial charge in [0.25, 0.3) is 0 Å². The predicted octanol–water partition coefficient (Wildman–Crippen LogP) is -1.59. The van der Waals surface area contributed by atoms with Crippen molar-refractivity contribution < 1.29 is 46.3 Å². The van der Waals surface area contributed by atoms with Crippen LogP contribution in [-0.4, -0.2) is 10.2 Å². The zero-order valence-corrected chi connectivity index (χ0v) is 11.3. The molecule has 1 radical (unpaired) electrons. The van der Waals surface area contributed by atoms with Gasteiger partial charge in [0.15, 0.2) is 10.9 Å². The summed E-state index contributed by atoms with van der Waals surface area (Å²) >= 11 is 0. The first-order valence-electron chi connectivity index (χ1n) is 5.27. The Bertz CT molecular complexity index is 616. The molecule has 0 aliphatic heterocycles. The van der Waals surface area contributed by atoms with Gasteiger partial charge >= 0.3 is 17.1 Å². The molecule has 2 aromatic rings. The molecular formula is C12H10CuO8. The molecule has 0 bridgehead atoms. The van der Waals surface area contributed by atoms with Gasteiger partial charge in [0, 0.05) is 12.1 Å². The molecule has 2 N–H and O–H groups in total. The number of hydrogen-bond acceptors (Lipinski definition) is 8. The Morgan fingerprint density at radius 1 is 0.857 bits per heavy atom. The second kappa shape index (κ2) is 8.98. The molecule has 2 aromatic heterocycles. The standard InChI is InChI=1S/2C6H6O4.Cu/c2*7-2-4-1-5(8)6(9)3-10-4;/h2*1,3,7,9H,2H2;/q;;+2/p-2. The van der Waals surface area contributed by atoms with E-state index < -0.39 is 22.4 Å². The summed E-state index contributed by atoms with van der Waals surface area (Å²) in [5.41, 5.74) is -1.31. The van der Waals surface area contributed by atoms with Crippen molar-refractivity contribution in [3.8, 4) is 11.5 Å². The van der Waals surface area contributed by atoms with Crippen LogP contribution in [0.25, 0.3) is 0 Å². The van der Waals surface area contributed by atoms with Gasteiger partial charge in [-0.1, -0.05) is 0 Å². The first kappa shape index (κ1) is 18.9. The molecule has 8 nitrogen and oxygen atoms in total. The Kier molecular flexibility index (Phi) is 8.10. The minimum absolute atomic E-state index is 0. The molecule has 0 saturated heterocycles. The fraction of sp³-hybridized carbons (Fsp3) is 0.167. The number of aliphatic hydroxyl groups excluding tert-OH is 2. The fourth-order valence-corrected chi connectivity index (χ4v) is 1.04. The average Bonchev–Trinajstić information content (AvgIpc) is 2.45. The van der Waals surface area contributed by atoms with Crippen LogP contribution in [0.3, 0.4) is 0 Å². The van der Waals surface area contributed by atoms with Crippen molar-refractivity contribution in [1.82, 2.24) is 0 Å². The van der Waals surface area contributed by atoms with Crippen molar-refractivity contribution >= 4 is 0 Å². The van der Waals surface area contributed by atoms with Crippen LogP contribution in [0.4, 0.5) is 0 Å². The molecule has 2 heterocycles. The summed E-state index contributed by atoms with van der Waals surface area (Å²) in [7, 11) is 0. The summed E-state index contributed by atoms with van der Waals surface area (Å²) in [5.74, 6) is -1.19. The molecule has 0 saturated carbocycles. The van der Waals surface area contributed by atoms with Crippen molar-refractivity contribution in [2.75, 3.05) is 0 Å². The summed E-state index contributed by atoms with van der Waals surface area (Å²) in [5, 5.41) is 37.6. The monoisotopic (exact) mass is 345 g/mol. The maximum atomic E-state index is 10.5. The minimum atomic E-state index is -0.697. The molecule has 0 spiro atoms. The normalized spacial score (nSPS) is 9.24. The molecule has 0 fully saturated rings. The molecule has 0 aliphatic carbocycles. The molecule has 0 aliphatic rings. The van der Waals surface area contributed by atoms with E-state index in [2.05, 4.69) is 8.83 Å². The summed E-state index contributed by atoms with van der Waals surface area (Å²) in [6.45, 7) is -0.731. The van der Waals surface area contributed by atoms with Gasteiger partial charge < -0.3 is 29.3 Å². The van der Waals surface area contributed by atoms with Gasteiger partial charge in [-0.2, -0.15) is 0 Å². The maximum Gasteiger partial charge on any atom is 2.00 e. The number of rotatable bonds is 2. The van der Waals surface area contributed by atoms with E-state index in [9.17, 15) is 19.8 Å². The first-order chi connectivity index (χ1) is 9.47. The zero-order chi connectivity index (χ0) is 15.1. The van der Waals surface area contributed by atoms with Crippen LogP contribution < -0.4 is 21.1 Å². The van der Waals surface area contributed by atoms with Gasteiger partial charge in [-0.15, -0.1) is 0 Å². The van der Waals surface area contributed by atoms with E-state index in [0.29, 0.717) is 0 Å². The van der Waals surface area contributed by atoms with Gasteiger partial charge in [0.05, 0.1) is 12.5 Å². The van der Waals surface area contributed by atoms with Crippen LogP contribution in [0.5, 0.6) is 11.5 Å². The van der Waals surface area contributed by atoms with E-state index in [4.69, 9.17) is 10.2 Å². The Morgan fingerprint density at radius 2 is 1.19 bits per heavy atom. The smallest absolute Gasteiger partial charge is 0.868 e. The fourth-order valence-electron chi connectivity index (χ4n) is 1.04. The molecule has 117 valence electrons. The summed E-state index contributed by atoms with van der Waals surface area (Å²) in [4.78, 5) is 21.0. The maximum absolute atomic E-state index is 10.5. The van der Waals surface area contributed by atoms with Crippen LogP contribution >= 0.6 is 0 Å². The second-order valence-corrected chi connectivity index (χ2v) is 3.47. The van der Waals surface area contributed by atoms with E-state index >= 15 is 0 Å². The van der Waals surface area contributed by atoms with Gasteiger partial charge in [-0.3, -0.25) is 9.59 Å². The van der Waals surface area contributed by atoms with E-state index in [-0.39, 0.29) is 41.8 Å². The topological polar surface area (TPSA) is 147 Å². The SMILES string of the molecule is O=c1cc(CO)occ1[O-].O=c1cc(CO)occ1[O-].[Cu+2]. The quantitative estimate of drug-likeness (QED) is 0.619. The molecule has 21 heavy (non-hydrogen) atoms. The van der Waals surface area contributed by atoms with Crippen molar-refractivity contribution in [2.45, 2.75) is 13.2 Å². The molecule has 9 heteroatoms. The van der Waals surface area contributed by atoms with Crippen LogP contribution in [0.1, 0.15) is 11.5 Å². The number of aliphatic hydroxyl groups is 2. The zero-order valence-electron chi connectivity index (χ0n) is 10.4. The predicted molar refractivity (Wildman–Crippen MR) is 60.7 cm³/mol. The van der Waals surface area contributed by atoms with Crippen LogP contribution in [0, 0.1) is 0 Å². The van der Waals surface area contributed by atoms with Gasteiger partial charge in [-0.05, 0) is 11.5 Å². The third kappa shape index (κ3) is 5.84. The molecule has 0 aromatic carbocycles. The van der Waals surface area contributed by atoms with E-state index in [1.807, 2.05) is 0 Å². The van der Waals surface area contributed by atoms with Crippen molar-refractivity contribution in [2.24, 2.45) is 0 Å². The van der Waals surface area contributed by atoms with E-state index in [1.165, 1.54) is 0 Å².